The molecule has 2 heterocycles. The molecule has 6 nitrogen and oxygen atoms in total. The highest BCUT2D eigenvalue weighted by atomic mass is 35.5. The maximum Gasteiger partial charge on any atom is 0.222 e. The Hall–Kier alpha value is -2.73. The number of halogens is 1. The Morgan fingerprint density at radius 3 is 2.65 bits per heavy atom. The molecule has 0 radical (unpaired) electrons. The molecule has 4 rings (SSSR count). The number of hydrogen-bond acceptors (Lipinski definition) is 5. The summed E-state index contributed by atoms with van der Waals surface area (Å²) in [5.74, 6) is 0.567. The summed E-state index contributed by atoms with van der Waals surface area (Å²) in [6.45, 7) is 4.01. The molecule has 0 unspecified atom stereocenters. The molecule has 0 bridgehead atoms. The maximum atomic E-state index is 6.29. The Morgan fingerprint density at radius 2 is 1.83 bits per heavy atom. The minimum Gasteiger partial charge on any atom is -0.336 e. The van der Waals surface area contributed by atoms with Crippen molar-refractivity contribution < 1.29 is 0 Å². The van der Waals surface area contributed by atoms with E-state index in [2.05, 4.69) is 25.8 Å². The van der Waals surface area contributed by atoms with Crippen molar-refractivity contribution in [3.05, 3.63) is 52.5 Å². The third kappa shape index (κ3) is 2.37. The standard InChI is InChI=1S/C16H13ClN6/c1-9-3-5-12(11(17)7-9)18-15-16-20-21-22-23(16)14-8-10(2)4-6-13(14)19-15/h3-8H,1-2H3,(H,18,19). The highest BCUT2D eigenvalue weighted by Gasteiger charge is 2.13. The number of nitrogens with zero attached hydrogens (tertiary/aromatic N) is 5. The molecule has 0 saturated heterocycles. The summed E-state index contributed by atoms with van der Waals surface area (Å²) in [4.78, 5) is 4.64. The van der Waals surface area contributed by atoms with Gasteiger partial charge >= 0.3 is 0 Å². The van der Waals surface area contributed by atoms with Gasteiger partial charge in [-0.2, -0.15) is 4.52 Å². The second-order valence-electron chi connectivity index (χ2n) is 5.48. The number of aryl methyl sites for hydroxylation is 2. The van der Waals surface area contributed by atoms with E-state index >= 15 is 0 Å². The molecule has 2 aromatic carbocycles. The lowest BCUT2D eigenvalue weighted by Crippen LogP contribution is -2.01. The van der Waals surface area contributed by atoms with Crippen LogP contribution in [0.5, 0.6) is 0 Å². The Balaban J connectivity index is 1.91. The molecule has 7 heteroatoms. The van der Waals surface area contributed by atoms with Crippen LogP contribution in [0.4, 0.5) is 11.5 Å². The van der Waals surface area contributed by atoms with Crippen molar-refractivity contribution in [2.24, 2.45) is 0 Å². The minimum absolute atomic E-state index is 0.555. The Bertz CT molecular complexity index is 1040. The molecular formula is C16H13ClN6. The third-order valence-corrected chi connectivity index (χ3v) is 3.96. The first-order chi connectivity index (χ1) is 11.1. The van der Waals surface area contributed by atoms with Crippen LogP contribution >= 0.6 is 11.6 Å². The summed E-state index contributed by atoms with van der Waals surface area (Å²) in [5, 5.41) is 15.8. The molecule has 23 heavy (non-hydrogen) atoms. The molecule has 0 amide bonds. The van der Waals surface area contributed by atoms with Crippen molar-refractivity contribution in [1.29, 1.82) is 0 Å². The van der Waals surface area contributed by atoms with E-state index in [1.807, 2.05) is 50.2 Å². The molecule has 0 spiro atoms. The zero-order valence-corrected chi connectivity index (χ0v) is 13.3. The van der Waals surface area contributed by atoms with Gasteiger partial charge < -0.3 is 5.32 Å². The molecule has 4 aromatic rings. The van der Waals surface area contributed by atoms with Crippen molar-refractivity contribution in [3.8, 4) is 0 Å². The Labute approximate surface area is 137 Å². The lowest BCUT2D eigenvalue weighted by molar-refractivity contribution is 0.840. The molecule has 0 atom stereocenters. The summed E-state index contributed by atoms with van der Waals surface area (Å²) in [7, 11) is 0. The van der Waals surface area contributed by atoms with Crippen molar-refractivity contribution in [3.63, 3.8) is 0 Å². The lowest BCUT2D eigenvalue weighted by atomic mass is 10.2. The highest BCUT2D eigenvalue weighted by molar-refractivity contribution is 6.33. The second-order valence-corrected chi connectivity index (χ2v) is 5.88. The number of aromatic nitrogens is 5. The quantitative estimate of drug-likeness (QED) is 0.609. The summed E-state index contributed by atoms with van der Waals surface area (Å²) < 4.78 is 1.68. The van der Waals surface area contributed by atoms with Crippen molar-refractivity contribution in [2.45, 2.75) is 13.8 Å². The molecule has 0 aliphatic heterocycles. The van der Waals surface area contributed by atoms with Crippen molar-refractivity contribution in [1.82, 2.24) is 25.0 Å². The molecule has 114 valence electrons. The number of nitrogens with one attached hydrogen (secondary N) is 1. The fraction of sp³-hybridized carbons (Fsp3) is 0.125. The number of fused-ring (bicyclic) bond motifs is 3. The van der Waals surface area contributed by atoms with E-state index < -0.39 is 0 Å². The molecule has 2 aromatic heterocycles. The van der Waals surface area contributed by atoms with E-state index in [4.69, 9.17) is 11.6 Å². The molecule has 1 N–H and O–H groups in total. The van der Waals surface area contributed by atoms with Gasteiger partial charge in [-0.15, -0.1) is 5.10 Å². The topological polar surface area (TPSA) is 68.0 Å². The number of rotatable bonds is 2. The van der Waals surface area contributed by atoms with Gasteiger partial charge in [-0.1, -0.05) is 23.7 Å². The molecule has 0 saturated carbocycles. The van der Waals surface area contributed by atoms with Crippen molar-refractivity contribution >= 4 is 39.8 Å². The van der Waals surface area contributed by atoms with E-state index in [9.17, 15) is 0 Å². The van der Waals surface area contributed by atoms with E-state index in [0.29, 0.717) is 16.5 Å². The zero-order chi connectivity index (χ0) is 16.0. The van der Waals surface area contributed by atoms with E-state index in [-0.39, 0.29) is 0 Å². The molecule has 0 aliphatic carbocycles. The van der Waals surface area contributed by atoms with Crippen LogP contribution in [0, 0.1) is 13.8 Å². The van der Waals surface area contributed by atoms with Crippen LogP contribution in [0.25, 0.3) is 16.7 Å². The van der Waals surface area contributed by atoms with Gasteiger partial charge in [0.15, 0.2) is 5.82 Å². The van der Waals surface area contributed by atoms with Gasteiger partial charge in [0.2, 0.25) is 5.65 Å². The zero-order valence-electron chi connectivity index (χ0n) is 12.6. The normalized spacial score (nSPS) is 11.3. The number of hydrogen-bond donors (Lipinski definition) is 1. The number of tetrazole rings is 1. The SMILES string of the molecule is Cc1ccc(Nc2nc3ccc(C)cc3n3nnnc23)c(Cl)c1. The second kappa shape index (κ2) is 5.17. The highest BCUT2D eigenvalue weighted by Crippen LogP contribution is 2.28. The van der Waals surface area contributed by atoms with Gasteiger partial charge in [0.1, 0.15) is 0 Å². The number of anilines is 2. The fourth-order valence-corrected chi connectivity index (χ4v) is 2.78. The average molecular weight is 325 g/mol. The largest absolute Gasteiger partial charge is 0.336 e. The van der Waals surface area contributed by atoms with E-state index in [0.717, 1.165) is 27.8 Å². The van der Waals surface area contributed by atoms with Gasteiger partial charge in [-0.3, -0.25) is 0 Å². The van der Waals surface area contributed by atoms with Gasteiger partial charge in [-0.05, 0) is 59.7 Å². The lowest BCUT2D eigenvalue weighted by Gasteiger charge is -2.10. The van der Waals surface area contributed by atoms with Crippen LogP contribution < -0.4 is 5.32 Å². The predicted octanol–water partition coefficient (Wildman–Crippen LogP) is 3.69. The summed E-state index contributed by atoms with van der Waals surface area (Å²) in [6.07, 6.45) is 0. The molecular weight excluding hydrogens is 312 g/mol. The first-order valence-corrected chi connectivity index (χ1v) is 7.51. The van der Waals surface area contributed by atoms with Crippen LogP contribution in [-0.4, -0.2) is 25.0 Å². The van der Waals surface area contributed by atoms with Gasteiger partial charge in [-0.25, -0.2) is 4.98 Å². The van der Waals surface area contributed by atoms with Crippen LogP contribution in [-0.2, 0) is 0 Å². The fourth-order valence-electron chi connectivity index (χ4n) is 2.50. The third-order valence-electron chi connectivity index (χ3n) is 3.65. The summed E-state index contributed by atoms with van der Waals surface area (Å²) >= 11 is 6.29. The van der Waals surface area contributed by atoms with Gasteiger partial charge in [0.25, 0.3) is 0 Å². The van der Waals surface area contributed by atoms with Crippen LogP contribution in [0.1, 0.15) is 11.1 Å². The summed E-state index contributed by atoms with van der Waals surface area (Å²) in [6, 6.07) is 11.8. The van der Waals surface area contributed by atoms with Crippen molar-refractivity contribution in [2.75, 3.05) is 5.32 Å². The van der Waals surface area contributed by atoms with Gasteiger partial charge in [0, 0.05) is 0 Å². The average Bonchev–Trinajstić information content (AvgIpc) is 3.01. The first kappa shape index (κ1) is 13.9. The first-order valence-electron chi connectivity index (χ1n) is 7.13. The molecule has 0 aliphatic rings. The van der Waals surface area contributed by atoms with Crippen LogP contribution in [0.15, 0.2) is 36.4 Å². The summed E-state index contributed by atoms with van der Waals surface area (Å²) in [5.41, 5.74) is 5.21. The number of benzene rings is 2. The van der Waals surface area contributed by atoms with Crippen LogP contribution in [0.2, 0.25) is 5.02 Å². The van der Waals surface area contributed by atoms with E-state index in [1.54, 1.807) is 4.52 Å². The van der Waals surface area contributed by atoms with E-state index in [1.165, 1.54) is 0 Å². The molecule has 0 fully saturated rings. The maximum absolute atomic E-state index is 6.29. The monoisotopic (exact) mass is 324 g/mol. The van der Waals surface area contributed by atoms with Crippen LogP contribution in [0.3, 0.4) is 0 Å². The smallest absolute Gasteiger partial charge is 0.222 e. The Morgan fingerprint density at radius 1 is 1.04 bits per heavy atom. The minimum atomic E-state index is 0.555. The Kier molecular flexibility index (Phi) is 3.12. The predicted molar refractivity (Wildman–Crippen MR) is 90.3 cm³/mol. The van der Waals surface area contributed by atoms with Gasteiger partial charge in [0.05, 0.1) is 21.7 Å².